The van der Waals surface area contributed by atoms with Crippen LogP contribution in [0.4, 0.5) is 0 Å². The van der Waals surface area contributed by atoms with Gasteiger partial charge in [-0.3, -0.25) is 4.79 Å². The number of carboxylic acids is 1. The van der Waals surface area contributed by atoms with Crippen molar-refractivity contribution in [1.29, 1.82) is 0 Å². The molecule has 0 aliphatic carbocycles. The van der Waals surface area contributed by atoms with Crippen molar-refractivity contribution in [1.82, 2.24) is 0 Å². The lowest BCUT2D eigenvalue weighted by atomic mass is 10.3. The highest BCUT2D eigenvalue weighted by Crippen LogP contribution is 2.07. The average Bonchev–Trinajstić information content (AvgIpc) is 2.14. The van der Waals surface area contributed by atoms with Gasteiger partial charge in [-0.25, -0.2) is 16.8 Å². The molecule has 6 nitrogen and oxygen atoms in total. The maximum Gasteiger partial charge on any atom is 0.304 e. The molecule has 0 bridgehead atoms. The lowest BCUT2D eigenvalue weighted by Crippen LogP contribution is -2.28. The van der Waals surface area contributed by atoms with Crippen molar-refractivity contribution in [3.8, 4) is 0 Å². The highest BCUT2D eigenvalue weighted by molar-refractivity contribution is 7.95. The second kappa shape index (κ2) is 5.62. The molecule has 0 radical (unpaired) electrons. The Bertz CT molecular complexity index is 433. The van der Waals surface area contributed by atoms with E-state index in [2.05, 4.69) is 0 Å². The van der Waals surface area contributed by atoms with E-state index >= 15 is 0 Å². The van der Waals surface area contributed by atoms with E-state index in [0.717, 1.165) is 0 Å². The zero-order valence-corrected chi connectivity index (χ0v) is 10.8. The topological polar surface area (TPSA) is 106 Å². The minimum absolute atomic E-state index is 0.115. The van der Waals surface area contributed by atoms with Crippen LogP contribution in [0.2, 0.25) is 0 Å². The SMILES string of the molecule is CCS(=O)(=O)CCS(=O)(=O)C(C)CC(=O)O. The van der Waals surface area contributed by atoms with E-state index in [1.807, 2.05) is 0 Å². The van der Waals surface area contributed by atoms with Gasteiger partial charge in [0.1, 0.15) is 0 Å². The van der Waals surface area contributed by atoms with Gasteiger partial charge in [0.2, 0.25) is 0 Å². The number of sulfone groups is 2. The van der Waals surface area contributed by atoms with Gasteiger partial charge in [-0.2, -0.15) is 0 Å². The molecule has 0 spiro atoms. The first-order valence-electron chi connectivity index (χ1n) is 4.74. The minimum atomic E-state index is -3.66. The van der Waals surface area contributed by atoms with Gasteiger partial charge in [-0.1, -0.05) is 6.92 Å². The van der Waals surface area contributed by atoms with E-state index in [-0.39, 0.29) is 5.75 Å². The fraction of sp³-hybridized carbons (Fsp3) is 0.875. The van der Waals surface area contributed by atoms with Crippen LogP contribution in [0.15, 0.2) is 0 Å². The Kier molecular flexibility index (Phi) is 5.40. The van der Waals surface area contributed by atoms with Crippen LogP contribution in [0.5, 0.6) is 0 Å². The van der Waals surface area contributed by atoms with Crippen molar-refractivity contribution in [2.75, 3.05) is 17.3 Å². The predicted molar refractivity (Wildman–Crippen MR) is 59.8 cm³/mol. The van der Waals surface area contributed by atoms with Crippen molar-refractivity contribution in [3.05, 3.63) is 0 Å². The number of carboxylic acid groups (broad SMARTS) is 1. The monoisotopic (exact) mass is 272 g/mol. The maximum absolute atomic E-state index is 11.5. The first kappa shape index (κ1) is 15.4. The summed E-state index contributed by atoms with van der Waals surface area (Å²) in [5.74, 6) is -2.29. The van der Waals surface area contributed by atoms with Crippen molar-refractivity contribution in [2.24, 2.45) is 0 Å². The number of hydrogen-bond acceptors (Lipinski definition) is 5. The lowest BCUT2D eigenvalue weighted by Gasteiger charge is -2.10. The van der Waals surface area contributed by atoms with E-state index in [1.165, 1.54) is 13.8 Å². The first-order chi connectivity index (χ1) is 7.10. The first-order valence-corrected chi connectivity index (χ1v) is 8.28. The van der Waals surface area contributed by atoms with E-state index < -0.39 is 48.8 Å². The molecule has 16 heavy (non-hydrogen) atoms. The molecule has 8 heteroatoms. The highest BCUT2D eigenvalue weighted by Gasteiger charge is 2.25. The molecule has 0 aliphatic rings. The van der Waals surface area contributed by atoms with Crippen LogP contribution in [0.1, 0.15) is 20.3 Å². The molecule has 0 heterocycles. The molecule has 0 aliphatic heterocycles. The maximum atomic E-state index is 11.5. The summed E-state index contributed by atoms with van der Waals surface area (Å²) >= 11 is 0. The molecule has 0 aromatic carbocycles. The second-order valence-corrected chi connectivity index (χ2v) is 8.52. The number of aliphatic carboxylic acids is 1. The minimum Gasteiger partial charge on any atom is -0.481 e. The molecule has 0 saturated carbocycles. The van der Waals surface area contributed by atoms with Gasteiger partial charge in [-0.05, 0) is 6.92 Å². The van der Waals surface area contributed by atoms with Gasteiger partial charge >= 0.3 is 5.97 Å². The quantitative estimate of drug-likeness (QED) is 0.682. The largest absolute Gasteiger partial charge is 0.481 e. The molecule has 1 N–H and O–H groups in total. The van der Waals surface area contributed by atoms with E-state index in [9.17, 15) is 21.6 Å². The molecule has 0 aromatic rings. The van der Waals surface area contributed by atoms with Crippen molar-refractivity contribution < 1.29 is 26.7 Å². The molecular formula is C8H16O6S2. The number of rotatable bonds is 7. The Morgan fingerprint density at radius 2 is 1.69 bits per heavy atom. The van der Waals surface area contributed by atoms with Gasteiger partial charge in [0.25, 0.3) is 0 Å². The third kappa shape index (κ3) is 5.45. The van der Waals surface area contributed by atoms with Crippen molar-refractivity contribution in [3.63, 3.8) is 0 Å². The van der Waals surface area contributed by atoms with Crippen LogP contribution in [0, 0.1) is 0 Å². The summed E-state index contributed by atoms with van der Waals surface area (Å²) in [6, 6.07) is 0. The third-order valence-corrected chi connectivity index (χ3v) is 6.32. The lowest BCUT2D eigenvalue weighted by molar-refractivity contribution is -0.136. The fourth-order valence-electron chi connectivity index (χ4n) is 0.962. The standard InChI is InChI=1S/C8H16O6S2/c1-3-15(11,12)4-5-16(13,14)7(2)6-8(9)10/h7H,3-6H2,1-2H3,(H,9,10). The fourth-order valence-corrected chi connectivity index (χ4v) is 3.99. The summed E-state index contributed by atoms with van der Waals surface area (Å²) in [6.07, 6.45) is -0.505. The van der Waals surface area contributed by atoms with Crippen LogP contribution in [0.3, 0.4) is 0 Å². The second-order valence-electron chi connectivity index (χ2n) is 3.51. The van der Waals surface area contributed by atoms with Gasteiger partial charge in [0, 0.05) is 5.75 Å². The van der Waals surface area contributed by atoms with Crippen LogP contribution in [-0.2, 0) is 24.5 Å². The van der Waals surface area contributed by atoms with E-state index in [0.29, 0.717) is 0 Å². The van der Waals surface area contributed by atoms with Crippen molar-refractivity contribution in [2.45, 2.75) is 25.5 Å². The summed E-state index contributed by atoms with van der Waals surface area (Å²) in [5.41, 5.74) is 0. The average molecular weight is 272 g/mol. The van der Waals surface area contributed by atoms with Gasteiger partial charge in [0.15, 0.2) is 19.7 Å². The summed E-state index contributed by atoms with van der Waals surface area (Å²) in [5, 5.41) is 7.38. The van der Waals surface area contributed by atoms with Crippen LogP contribution in [0.25, 0.3) is 0 Å². The third-order valence-electron chi connectivity index (χ3n) is 2.19. The van der Waals surface area contributed by atoms with E-state index in [4.69, 9.17) is 5.11 Å². The Morgan fingerprint density at radius 3 is 2.06 bits per heavy atom. The van der Waals surface area contributed by atoms with Gasteiger partial charge in [0.05, 0.1) is 23.2 Å². The normalized spacial score (nSPS) is 14.6. The molecule has 0 fully saturated rings. The Hall–Kier alpha value is -0.630. The molecule has 0 amide bonds. The highest BCUT2D eigenvalue weighted by atomic mass is 32.2. The molecule has 96 valence electrons. The van der Waals surface area contributed by atoms with Crippen LogP contribution < -0.4 is 0 Å². The molecule has 0 saturated heterocycles. The zero-order valence-electron chi connectivity index (χ0n) is 9.21. The zero-order chi connectivity index (χ0) is 13.0. The summed E-state index contributed by atoms with van der Waals surface area (Å²) in [4.78, 5) is 10.3. The molecule has 0 rings (SSSR count). The van der Waals surface area contributed by atoms with Crippen LogP contribution in [-0.4, -0.2) is 50.4 Å². The summed E-state index contributed by atoms with van der Waals surface area (Å²) in [7, 11) is -7.00. The van der Waals surface area contributed by atoms with Gasteiger partial charge in [-0.15, -0.1) is 0 Å². The molecule has 1 unspecified atom stereocenters. The Balaban J connectivity index is 4.54. The van der Waals surface area contributed by atoms with Crippen molar-refractivity contribution >= 4 is 25.6 Å². The molecular weight excluding hydrogens is 256 g/mol. The number of carbonyl (C=O) groups is 1. The smallest absolute Gasteiger partial charge is 0.304 e. The summed E-state index contributed by atoms with van der Waals surface area (Å²) < 4.78 is 45.2. The van der Waals surface area contributed by atoms with Gasteiger partial charge < -0.3 is 5.11 Å². The Labute approximate surface area is 95.5 Å². The Morgan fingerprint density at radius 1 is 1.19 bits per heavy atom. The van der Waals surface area contributed by atoms with E-state index in [1.54, 1.807) is 0 Å². The molecule has 1 atom stereocenters. The van der Waals surface area contributed by atoms with Crippen LogP contribution >= 0.6 is 0 Å². The number of hydrogen-bond donors (Lipinski definition) is 1. The molecule has 0 aromatic heterocycles. The predicted octanol–water partition coefficient (Wildman–Crippen LogP) is -0.301. The summed E-state index contributed by atoms with van der Waals surface area (Å²) in [6.45, 7) is 2.70.